The van der Waals surface area contributed by atoms with Crippen LogP contribution in [0.2, 0.25) is 0 Å². The van der Waals surface area contributed by atoms with Crippen LogP contribution >= 0.6 is 0 Å². The van der Waals surface area contributed by atoms with Gasteiger partial charge < -0.3 is 14.8 Å². The number of nitrogens with one attached hydrogen (secondary N) is 1. The van der Waals surface area contributed by atoms with E-state index in [0.717, 1.165) is 36.8 Å². The second kappa shape index (κ2) is 9.17. The van der Waals surface area contributed by atoms with E-state index < -0.39 is 0 Å². The molecule has 0 spiro atoms. The third kappa shape index (κ3) is 4.28. The van der Waals surface area contributed by atoms with E-state index in [-0.39, 0.29) is 17.4 Å². The number of aryl methyl sites for hydroxylation is 1. The van der Waals surface area contributed by atoms with Crippen LogP contribution in [0.15, 0.2) is 60.8 Å². The molecule has 2 amide bonds. The van der Waals surface area contributed by atoms with Crippen LogP contribution in [0.1, 0.15) is 35.2 Å². The Morgan fingerprint density at radius 3 is 2.44 bits per heavy atom. The van der Waals surface area contributed by atoms with Gasteiger partial charge in [0.15, 0.2) is 0 Å². The van der Waals surface area contributed by atoms with Gasteiger partial charge in [0.25, 0.3) is 5.91 Å². The zero-order valence-electron chi connectivity index (χ0n) is 19.2. The Kier molecular flexibility index (Phi) is 6.33. The van der Waals surface area contributed by atoms with Crippen molar-refractivity contribution in [2.75, 3.05) is 33.7 Å². The maximum Gasteiger partial charge on any atom is 0.251 e. The molecule has 0 bridgehead atoms. The Morgan fingerprint density at radius 2 is 1.75 bits per heavy atom. The topological polar surface area (TPSA) is 57.6 Å². The van der Waals surface area contributed by atoms with Crippen molar-refractivity contribution in [3.05, 3.63) is 71.9 Å². The number of fused-ring (bicyclic) bond motifs is 1. The number of amides is 2. The molecule has 1 saturated heterocycles. The first kappa shape index (κ1) is 22.1. The van der Waals surface area contributed by atoms with Gasteiger partial charge in [-0.25, -0.2) is 0 Å². The summed E-state index contributed by atoms with van der Waals surface area (Å²) in [6.45, 7) is 1.80. The van der Waals surface area contributed by atoms with Gasteiger partial charge in [-0.2, -0.15) is 0 Å². The van der Waals surface area contributed by atoms with Crippen molar-refractivity contribution >= 4 is 22.7 Å². The summed E-state index contributed by atoms with van der Waals surface area (Å²) >= 11 is 0. The summed E-state index contributed by atoms with van der Waals surface area (Å²) in [5.41, 5.74) is 2.90. The van der Waals surface area contributed by atoms with Crippen LogP contribution in [0.25, 0.3) is 10.9 Å². The lowest BCUT2D eigenvalue weighted by atomic mass is 9.79. The van der Waals surface area contributed by atoms with Gasteiger partial charge >= 0.3 is 0 Å². The highest BCUT2D eigenvalue weighted by molar-refractivity contribution is 5.98. The quantitative estimate of drug-likeness (QED) is 0.650. The lowest BCUT2D eigenvalue weighted by molar-refractivity contribution is -0.133. The Labute approximate surface area is 189 Å². The van der Waals surface area contributed by atoms with Crippen LogP contribution < -0.4 is 5.32 Å². The summed E-state index contributed by atoms with van der Waals surface area (Å²) in [6.07, 6.45) is 4.10. The lowest BCUT2D eigenvalue weighted by Crippen LogP contribution is -2.52. The van der Waals surface area contributed by atoms with Crippen LogP contribution in [0.5, 0.6) is 0 Å². The number of carbonyl (C=O) groups is 2. The molecule has 4 rings (SSSR count). The van der Waals surface area contributed by atoms with Gasteiger partial charge in [0.2, 0.25) is 5.91 Å². The molecule has 0 unspecified atom stereocenters. The summed E-state index contributed by atoms with van der Waals surface area (Å²) in [5.74, 6) is -0.0427. The smallest absolute Gasteiger partial charge is 0.251 e. The third-order valence-corrected chi connectivity index (χ3v) is 6.89. The highest BCUT2D eigenvalue weighted by Crippen LogP contribution is 2.37. The molecule has 6 nitrogen and oxygen atoms in total. The number of nitrogens with zero attached hydrogens (tertiary/aromatic N) is 3. The largest absolute Gasteiger partial charge is 0.352 e. The summed E-state index contributed by atoms with van der Waals surface area (Å²) in [6, 6.07) is 18.3. The molecule has 2 heterocycles. The van der Waals surface area contributed by atoms with Crippen molar-refractivity contribution in [2.45, 2.75) is 24.8 Å². The Morgan fingerprint density at radius 1 is 1.03 bits per heavy atom. The first-order valence-corrected chi connectivity index (χ1v) is 11.2. The average molecular weight is 433 g/mol. The summed E-state index contributed by atoms with van der Waals surface area (Å²) in [4.78, 5) is 29.5. The van der Waals surface area contributed by atoms with Gasteiger partial charge in [0.1, 0.15) is 0 Å². The van der Waals surface area contributed by atoms with Gasteiger partial charge in [0, 0.05) is 55.9 Å². The van der Waals surface area contributed by atoms with E-state index >= 15 is 0 Å². The molecule has 168 valence electrons. The Bertz CT molecular complexity index is 1100. The molecule has 1 aliphatic rings. The number of hydrogen-bond donors (Lipinski definition) is 1. The van der Waals surface area contributed by atoms with Crippen LogP contribution in [-0.2, 0) is 17.4 Å². The van der Waals surface area contributed by atoms with Crippen molar-refractivity contribution in [3.8, 4) is 0 Å². The fourth-order valence-electron chi connectivity index (χ4n) is 4.82. The van der Waals surface area contributed by atoms with E-state index in [4.69, 9.17) is 0 Å². The molecule has 0 saturated carbocycles. The van der Waals surface area contributed by atoms with Crippen molar-refractivity contribution < 1.29 is 9.59 Å². The number of hydrogen-bond acceptors (Lipinski definition) is 3. The minimum absolute atomic E-state index is 0.0398. The third-order valence-electron chi connectivity index (χ3n) is 6.89. The van der Waals surface area contributed by atoms with Crippen molar-refractivity contribution in [2.24, 2.45) is 7.05 Å². The number of likely N-dealkylation sites (tertiary alicyclic amines) is 1. The highest BCUT2D eigenvalue weighted by Gasteiger charge is 2.38. The maximum atomic E-state index is 12.8. The SMILES string of the molecule is CN(C)C1(c2ccccc2)CCN(C(=O)CCNC(=O)c2ccc3ccn(C)c3c2)CC1. The Balaban J connectivity index is 1.30. The second-order valence-corrected chi connectivity index (χ2v) is 8.88. The molecule has 1 N–H and O–H groups in total. The number of piperidine rings is 1. The molecule has 0 aliphatic carbocycles. The number of aromatic nitrogens is 1. The highest BCUT2D eigenvalue weighted by atomic mass is 16.2. The Hall–Kier alpha value is -3.12. The van der Waals surface area contributed by atoms with Crippen LogP contribution in [0, 0.1) is 0 Å². The first-order valence-electron chi connectivity index (χ1n) is 11.2. The monoisotopic (exact) mass is 432 g/mol. The molecule has 1 fully saturated rings. The van der Waals surface area contributed by atoms with Crippen molar-refractivity contribution in [3.63, 3.8) is 0 Å². The molecular formula is C26H32N4O2. The maximum absolute atomic E-state index is 12.8. The standard InChI is InChI=1S/C26H32N4O2/c1-28(2)26(22-7-5-4-6-8-22)13-17-30(18-14-26)24(31)11-15-27-25(32)21-10-9-20-12-16-29(3)23(20)19-21/h4-10,12,16,19H,11,13-15,17-18H2,1-3H3,(H,27,32). The second-order valence-electron chi connectivity index (χ2n) is 8.88. The summed E-state index contributed by atoms with van der Waals surface area (Å²) in [7, 11) is 6.20. The molecule has 1 aliphatic heterocycles. The van der Waals surface area contributed by atoms with Crippen LogP contribution in [0.3, 0.4) is 0 Å². The van der Waals surface area contributed by atoms with E-state index in [9.17, 15) is 9.59 Å². The van der Waals surface area contributed by atoms with Crippen LogP contribution in [0.4, 0.5) is 0 Å². The molecule has 32 heavy (non-hydrogen) atoms. The van der Waals surface area contributed by atoms with E-state index in [2.05, 4.69) is 48.6 Å². The molecule has 3 aromatic rings. The zero-order chi connectivity index (χ0) is 22.7. The molecular weight excluding hydrogens is 400 g/mol. The minimum atomic E-state index is -0.143. The van der Waals surface area contributed by atoms with Gasteiger partial charge in [-0.1, -0.05) is 36.4 Å². The molecule has 2 aromatic carbocycles. The number of carbonyl (C=O) groups excluding carboxylic acids is 2. The molecule has 0 radical (unpaired) electrons. The van der Waals surface area contributed by atoms with Gasteiger partial charge in [-0.05, 0) is 56.1 Å². The number of rotatable bonds is 6. The van der Waals surface area contributed by atoms with E-state index in [1.54, 1.807) is 0 Å². The first-order chi connectivity index (χ1) is 15.4. The van der Waals surface area contributed by atoms with Gasteiger partial charge in [-0.15, -0.1) is 0 Å². The van der Waals surface area contributed by atoms with Crippen molar-refractivity contribution in [1.82, 2.24) is 19.7 Å². The molecule has 0 atom stereocenters. The predicted octanol–water partition coefficient (Wildman–Crippen LogP) is 3.38. The van der Waals surface area contributed by atoms with Gasteiger partial charge in [0.05, 0.1) is 0 Å². The lowest BCUT2D eigenvalue weighted by Gasteiger charge is -2.46. The van der Waals surface area contributed by atoms with Crippen LogP contribution in [-0.4, -0.2) is 59.9 Å². The zero-order valence-corrected chi connectivity index (χ0v) is 19.2. The van der Waals surface area contributed by atoms with Crippen molar-refractivity contribution in [1.29, 1.82) is 0 Å². The number of benzene rings is 2. The fourth-order valence-corrected chi connectivity index (χ4v) is 4.82. The molecule has 1 aromatic heterocycles. The minimum Gasteiger partial charge on any atom is -0.352 e. The fraction of sp³-hybridized carbons (Fsp3) is 0.385. The summed E-state index contributed by atoms with van der Waals surface area (Å²) in [5, 5.41) is 4.01. The average Bonchev–Trinajstić information content (AvgIpc) is 3.19. The molecule has 6 heteroatoms. The normalized spacial score (nSPS) is 15.8. The van der Waals surface area contributed by atoms with Gasteiger partial charge in [-0.3, -0.25) is 14.5 Å². The van der Waals surface area contributed by atoms with E-state index in [1.165, 1.54) is 5.56 Å². The van der Waals surface area contributed by atoms with E-state index in [1.807, 2.05) is 53.0 Å². The summed E-state index contributed by atoms with van der Waals surface area (Å²) < 4.78 is 2.00. The van der Waals surface area contributed by atoms with E-state index in [0.29, 0.717) is 18.5 Å². The predicted molar refractivity (Wildman–Crippen MR) is 127 cm³/mol.